The highest BCUT2D eigenvalue weighted by molar-refractivity contribution is 5.40. The molecule has 6 heteroatoms. The number of para-hydroxylation sites is 1. The fourth-order valence-corrected chi connectivity index (χ4v) is 3.31. The molecule has 0 saturated heterocycles. The Balaban J connectivity index is 1.89. The molecule has 0 saturated carbocycles. The van der Waals surface area contributed by atoms with Gasteiger partial charge in [-0.25, -0.2) is 9.67 Å². The van der Waals surface area contributed by atoms with Crippen LogP contribution in [-0.2, 0) is 13.0 Å². The first-order chi connectivity index (χ1) is 11.3. The molecule has 1 aromatic carbocycles. The molecule has 3 aromatic rings. The summed E-state index contributed by atoms with van der Waals surface area (Å²) in [5.41, 5.74) is 9.53. The monoisotopic (exact) mass is 309 g/mol. The first kappa shape index (κ1) is 14.2. The molecule has 1 atom stereocenters. The summed E-state index contributed by atoms with van der Waals surface area (Å²) in [6.07, 6.45) is 5.78. The van der Waals surface area contributed by atoms with Crippen LogP contribution in [0.25, 0.3) is 11.6 Å². The molecule has 0 radical (unpaired) electrons. The van der Waals surface area contributed by atoms with Gasteiger partial charge in [0.1, 0.15) is 0 Å². The predicted octanol–water partition coefficient (Wildman–Crippen LogP) is 1.89. The Labute approximate surface area is 134 Å². The molecule has 2 aromatic heterocycles. The zero-order valence-corrected chi connectivity index (χ0v) is 12.8. The van der Waals surface area contributed by atoms with Gasteiger partial charge in [-0.3, -0.25) is 4.57 Å². The average molecular weight is 309 g/mol. The van der Waals surface area contributed by atoms with E-state index < -0.39 is 6.10 Å². The first-order valence-electron chi connectivity index (χ1n) is 7.87. The molecule has 1 aliphatic rings. The lowest BCUT2D eigenvalue weighted by Crippen LogP contribution is -2.14. The largest absolute Gasteiger partial charge is 0.388 e. The van der Waals surface area contributed by atoms with E-state index in [1.807, 2.05) is 45.8 Å². The van der Waals surface area contributed by atoms with Gasteiger partial charge in [-0.05, 0) is 31.4 Å². The molecule has 0 amide bonds. The maximum Gasteiger partial charge on any atom is 0.235 e. The minimum absolute atomic E-state index is 0.318. The number of benzene rings is 1. The number of aromatic nitrogens is 4. The van der Waals surface area contributed by atoms with Crippen LogP contribution in [0.2, 0.25) is 0 Å². The maximum absolute atomic E-state index is 10.3. The fourth-order valence-electron chi connectivity index (χ4n) is 3.31. The van der Waals surface area contributed by atoms with Crippen LogP contribution >= 0.6 is 0 Å². The molecule has 4 rings (SSSR count). The number of nitrogens with two attached hydrogens (primary N) is 1. The third-order valence-corrected chi connectivity index (χ3v) is 4.36. The maximum atomic E-state index is 10.3. The van der Waals surface area contributed by atoms with E-state index in [-0.39, 0.29) is 0 Å². The number of fused-ring (bicyclic) bond motifs is 1. The van der Waals surface area contributed by atoms with Crippen molar-refractivity contribution in [2.75, 3.05) is 0 Å². The molecule has 6 nitrogen and oxygen atoms in total. The second-order valence-electron chi connectivity index (χ2n) is 5.76. The summed E-state index contributed by atoms with van der Waals surface area (Å²) in [6, 6.07) is 10.0. The average Bonchev–Trinajstić information content (AvgIpc) is 3.20. The van der Waals surface area contributed by atoms with Crippen molar-refractivity contribution in [3.63, 3.8) is 0 Å². The number of hydrogen-bond acceptors (Lipinski definition) is 4. The van der Waals surface area contributed by atoms with Crippen LogP contribution in [0.15, 0.2) is 42.7 Å². The van der Waals surface area contributed by atoms with Crippen molar-refractivity contribution in [3.05, 3.63) is 59.7 Å². The summed E-state index contributed by atoms with van der Waals surface area (Å²) < 4.78 is 3.83. The van der Waals surface area contributed by atoms with E-state index >= 15 is 0 Å². The van der Waals surface area contributed by atoms with Crippen molar-refractivity contribution < 1.29 is 5.11 Å². The number of aliphatic hydroxyl groups is 1. The minimum atomic E-state index is -0.480. The lowest BCUT2D eigenvalue weighted by Gasteiger charge is -2.19. The van der Waals surface area contributed by atoms with Gasteiger partial charge in [0.05, 0.1) is 17.5 Å². The topological polar surface area (TPSA) is 81.9 Å². The van der Waals surface area contributed by atoms with Crippen molar-refractivity contribution in [1.82, 2.24) is 19.3 Å². The van der Waals surface area contributed by atoms with Crippen LogP contribution in [-0.4, -0.2) is 24.4 Å². The standard InChI is InChI=1S/C17H19N5O/c18-11-13-16-14(7-4-8-15(16)23)22(20-13)17-19-9-10-21(17)12-5-2-1-3-6-12/h1-3,5-6,9-10,15,23H,4,7-8,11,18H2. The molecule has 0 aliphatic heterocycles. The minimum Gasteiger partial charge on any atom is -0.388 e. The Morgan fingerprint density at radius 3 is 2.87 bits per heavy atom. The van der Waals surface area contributed by atoms with Crippen molar-refractivity contribution in [3.8, 4) is 11.6 Å². The molecule has 0 fully saturated rings. The molecule has 1 aliphatic carbocycles. The molecule has 0 bridgehead atoms. The summed E-state index contributed by atoms with van der Waals surface area (Å²) in [5.74, 6) is 0.723. The van der Waals surface area contributed by atoms with Gasteiger partial charge in [0.15, 0.2) is 0 Å². The summed E-state index contributed by atoms with van der Waals surface area (Å²) in [5, 5.41) is 15.0. The smallest absolute Gasteiger partial charge is 0.235 e. The molecule has 23 heavy (non-hydrogen) atoms. The van der Waals surface area contributed by atoms with E-state index in [0.29, 0.717) is 6.54 Å². The molecular weight excluding hydrogens is 290 g/mol. The van der Waals surface area contributed by atoms with Crippen LogP contribution in [0, 0.1) is 0 Å². The Morgan fingerprint density at radius 1 is 1.26 bits per heavy atom. The van der Waals surface area contributed by atoms with Gasteiger partial charge in [0, 0.05) is 30.2 Å². The van der Waals surface area contributed by atoms with Crippen LogP contribution in [0.1, 0.15) is 35.9 Å². The molecule has 3 N–H and O–H groups in total. The first-order valence-corrected chi connectivity index (χ1v) is 7.87. The number of aliphatic hydroxyl groups excluding tert-OH is 1. The number of hydrogen-bond donors (Lipinski definition) is 2. The number of imidazole rings is 1. The quantitative estimate of drug-likeness (QED) is 0.774. The summed E-state index contributed by atoms with van der Waals surface area (Å²) in [6.45, 7) is 0.318. The van der Waals surface area contributed by atoms with Gasteiger partial charge in [0.25, 0.3) is 0 Å². The van der Waals surface area contributed by atoms with Gasteiger partial charge < -0.3 is 10.8 Å². The normalized spacial score (nSPS) is 17.2. The Morgan fingerprint density at radius 2 is 2.09 bits per heavy atom. The SMILES string of the molecule is NCc1nn(-c2nccn2-c2ccccc2)c2c1C(O)CCC2. The second kappa shape index (κ2) is 5.64. The van der Waals surface area contributed by atoms with E-state index in [1.54, 1.807) is 6.20 Å². The Bertz CT molecular complexity index is 821. The van der Waals surface area contributed by atoms with E-state index in [1.165, 1.54) is 0 Å². The van der Waals surface area contributed by atoms with E-state index in [4.69, 9.17) is 5.73 Å². The highest BCUT2D eigenvalue weighted by atomic mass is 16.3. The van der Waals surface area contributed by atoms with Gasteiger partial charge in [0.2, 0.25) is 5.95 Å². The van der Waals surface area contributed by atoms with Crippen LogP contribution in [0.5, 0.6) is 0 Å². The molecular formula is C17H19N5O. The molecule has 0 spiro atoms. The van der Waals surface area contributed by atoms with Crippen LogP contribution < -0.4 is 5.73 Å². The van der Waals surface area contributed by atoms with Crippen molar-refractivity contribution in [2.24, 2.45) is 5.73 Å². The summed E-state index contributed by atoms with van der Waals surface area (Å²) in [4.78, 5) is 4.48. The Hall–Kier alpha value is -2.44. The fraction of sp³-hybridized carbons (Fsp3) is 0.294. The number of nitrogens with zero attached hydrogens (tertiary/aromatic N) is 4. The van der Waals surface area contributed by atoms with Gasteiger partial charge in [-0.1, -0.05) is 18.2 Å². The molecule has 2 heterocycles. The number of rotatable bonds is 3. The third kappa shape index (κ3) is 2.27. The van der Waals surface area contributed by atoms with Gasteiger partial charge in [-0.15, -0.1) is 0 Å². The Kier molecular flexibility index (Phi) is 3.48. The van der Waals surface area contributed by atoms with Crippen molar-refractivity contribution in [1.29, 1.82) is 0 Å². The van der Waals surface area contributed by atoms with Crippen molar-refractivity contribution >= 4 is 0 Å². The van der Waals surface area contributed by atoms with Gasteiger partial charge in [-0.2, -0.15) is 5.10 Å². The van der Waals surface area contributed by atoms with Crippen LogP contribution in [0.4, 0.5) is 0 Å². The van der Waals surface area contributed by atoms with E-state index in [9.17, 15) is 5.11 Å². The third-order valence-electron chi connectivity index (χ3n) is 4.36. The lowest BCUT2D eigenvalue weighted by atomic mass is 9.93. The zero-order valence-electron chi connectivity index (χ0n) is 12.8. The van der Waals surface area contributed by atoms with E-state index in [0.717, 1.165) is 47.8 Å². The van der Waals surface area contributed by atoms with E-state index in [2.05, 4.69) is 10.1 Å². The second-order valence-corrected chi connectivity index (χ2v) is 5.76. The van der Waals surface area contributed by atoms with Crippen LogP contribution in [0.3, 0.4) is 0 Å². The van der Waals surface area contributed by atoms with Crippen molar-refractivity contribution in [2.45, 2.75) is 31.9 Å². The summed E-state index contributed by atoms with van der Waals surface area (Å²) >= 11 is 0. The zero-order chi connectivity index (χ0) is 15.8. The molecule has 1 unspecified atom stereocenters. The lowest BCUT2D eigenvalue weighted by molar-refractivity contribution is 0.155. The highest BCUT2D eigenvalue weighted by Crippen LogP contribution is 2.33. The summed E-state index contributed by atoms with van der Waals surface area (Å²) in [7, 11) is 0. The molecule has 118 valence electrons. The van der Waals surface area contributed by atoms with Gasteiger partial charge >= 0.3 is 0 Å². The highest BCUT2D eigenvalue weighted by Gasteiger charge is 2.28. The predicted molar refractivity (Wildman–Crippen MR) is 86.5 cm³/mol.